The second kappa shape index (κ2) is 12.6. The van der Waals surface area contributed by atoms with Crippen LogP contribution in [0.4, 0.5) is 11.5 Å². The average molecular weight is 376 g/mol. The van der Waals surface area contributed by atoms with Crippen LogP contribution in [-0.4, -0.2) is 9.97 Å². The Labute approximate surface area is 201 Å². The summed E-state index contributed by atoms with van der Waals surface area (Å²) < 4.78 is 0. The minimum atomic E-state index is 0. The molecular formula is C22H30KN3. The minimum Gasteiger partial charge on any atom is -0.358 e. The SMILES string of the molecule is CC.CCc1nc(Nc2ccccc2)c2cc(CC)c(C)cc2n1.[CH3-].[K+]. The minimum absolute atomic E-state index is 0. The van der Waals surface area contributed by atoms with Crippen LogP contribution in [0, 0.1) is 14.4 Å². The molecule has 2 aromatic carbocycles. The zero-order valence-electron chi connectivity index (χ0n) is 17.4. The zero-order valence-corrected chi connectivity index (χ0v) is 20.5. The number of rotatable bonds is 4. The van der Waals surface area contributed by atoms with Crippen LogP contribution in [-0.2, 0) is 12.8 Å². The van der Waals surface area contributed by atoms with Gasteiger partial charge in [0, 0.05) is 17.5 Å². The Kier molecular flexibility index (Phi) is 12.2. The van der Waals surface area contributed by atoms with Crippen molar-refractivity contribution in [3.05, 3.63) is 66.8 Å². The molecule has 0 bridgehead atoms. The second-order valence-electron chi connectivity index (χ2n) is 5.48. The van der Waals surface area contributed by atoms with Crippen molar-refractivity contribution in [1.29, 1.82) is 0 Å². The molecule has 1 heterocycles. The van der Waals surface area contributed by atoms with Gasteiger partial charge in [-0.3, -0.25) is 0 Å². The van der Waals surface area contributed by atoms with Crippen molar-refractivity contribution in [2.45, 2.75) is 47.5 Å². The van der Waals surface area contributed by atoms with Gasteiger partial charge in [-0.05, 0) is 48.7 Å². The van der Waals surface area contributed by atoms with Crippen LogP contribution in [0.15, 0.2) is 42.5 Å². The van der Waals surface area contributed by atoms with Gasteiger partial charge in [0.05, 0.1) is 5.52 Å². The molecule has 0 aliphatic carbocycles. The van der Waals surface area contributed by atoms with E-state index in [0.29, 0.717) is 0 Å². The number of aryl methyl sites for hydroxylation is 3. The first-order chi connectivity index (χ1) is 11.7. The van der Waals surface area contributed by atoms with Crippen molar-refractivity contribution in [3.63, 3.8) is 0 Å². The van der Waals surface area contributed by atoms with Gasteiger partial charge in [0.25, 0.3) is 0 Å². The second-order valence-corrected chi connectivity index (χ2v) is 5.48. The van der Waals surface area contributed by atoms with Crippen LogP contribution in [0.5, 0.6) is 0 Å². The normalized spacial score (nSPS) is 9.42. The number of aromatic nitrogens is 2. The van der Waals surface area contributed by atoms with E-state index in [4.69, 9.17) is 4.98 Å². The number of para-hydroxylation sites is 1. The van der Waals surface area contributed by atoms with Crippen LogP contribution >= 0.6 is 0 Å². The first-order valence-electron chi connectivity index (χ1n) is 8.83. The molecule has 0 saturated carbocycles. The van der Waals surface area contributed by atoms with Crippen LogP contribution < -0.4 is 56.7 Å². The molecule has 134 valence electrons. The molecule has 0 fully saturated rings. The van der Waals surface area contributed by atoms with Gasteiger partial charge < -0.3 is 12.7 Å². The maximum Gasteiger partial charge on any atom is 1.00 e. The Balaban J connectivity index is 0.00000151. The summed E-state index contributed by atoms with van der Waals surface area (Å²) in [6.45, 7) is 10.4. The summed E-state index contributed by atoms with van der Waals surface area (Å²) in [5.41, 5.74) is 4.70. The van der Waals surface area contributed by atoms with Gasteiger partial charge in [-0.25, -0.2) is 9.97 Å². The summed E-state index contributed by atoms with van der Waals surface area (Å²) in [5, 5.41) is 4.53. The van der Waals surface area contributed by atoms with Crippen molar-refractivity contribution in [1.82, 2.24) is 9.97 Å². The molecule has 0 spiro atoms. The largest absolute Gasteiger partial charge is 1.00 e. The topological polar surface area (TPSA) is 37.8 Å². The summed E-state index contributed by atoms with van der Waals surface area (Å²) in [6, 6.07) is 14.5. The van der Waals surface area contributed by atoms with Crippen molar-refractivity contribution >= 4 is 22.4 Å². The zero-order chi connectivity index (χ0) is 17.5. The van der Waals surface area contributed by atoms with Gasteiger partial charge in [0.1, 0.15) is 11.6 Å². The fourth-order valence-corrected chi connectivity index (χ4v) is 2.67. The summed E-state index contributed by atoms with van der Waals surface area (Å²) in [4.78, 5) is 9.38. The van der Waals surface area contributed by atoms with Gasteiger partial charge in [-0.2, -0.15) is 0 Å². The predicted molar refractivity (Wildman–Crippen MR) is 111 cm³/mol. The maximum absolute atomic E-state index is 4.70. The third-order valence-corrected chi connectivity index (χ3v) is 3.93. The van der Waals surface area contributed by atoms with Crippen molar-refractivity contribution in [2.75, 3.05) is 5.32 Å². The Bertz CT molecular complexity index is 801. The Morgan fingerprint density at radius 3 is 2.15 bits per heavy atom. The standard InChI is InChI=1S/C19H21N3.C2H6.CH3.K/c1-4-14-12-16-17(11-13(14)3)21-18(5-2)22-19(16)20-15-9-7-6-8-10-15;1-2;;/h6-12H,4-5H2,1-3H3,(H,20,21,22);1-2H3;1H3;/q;;-1;+1. The van der Waals surface area contributed by atoms with Gasteiger partial charge >= 0.3 is 51.4 Å². The van der Waals surface area contributed by atoms with E-state index >= 15 is 0 Å². The number of nitrogens with one attached hydrogen (secondary N) is 1. The van der Waals surface area contributed by atoms with Crippen LogP contribution in [0.25, 0.3) is 10.9 Å². The molecule has 1 aromatic heterocycles. The van der Waals surface area contributed by atoms with E-state index in [1.165, 1.54) is 11.1 Å². The van der Waals surface area contributed by atoms with Crippen LogP contribution in [0.1, 0.15) is 44.6 Å². The van der Waals surface area contributed by atoms with E-state index in [-0.39, 0.29) is 58.8 Å². The van der Waals surface area contributed by atoms with Gasteiger partial charge in [0.2, 0.25) is 0 Å². The molecule has 0 aliphatic heterocycles. The van der Waals surface area contributed by atoms with E-state index in [0.717, 1.165) is 41.1 Å². The molecule has 1 N–H and O–H groups in total. The number of benzene rings is 2. The number of fused-ring (bicyclic) bond motifs is 1. The van der Waals surface area contributed by atoms with E-state index < -0.39 is 0 Å². The monoisotopic (exact) mass is 375 g/mol. The smallest absolute Gasteiger partial charge is 0.358 e. The quantitative estimate of drug-likeness (QED) is 0.562. The van der Waals surface area contributed by atoms with Crippen molar-refractivity contribution in [2.24, 2.45) is 0 Å². The Hall–Kier alpha value is -0.784. The molecule has 3 nitrogen and oxygen atoms in total. The molecule has 3 aromatic rings. The molecule has 0 atom stereocenters. The van der Waals surface area contributed by atoms with Crippen LogP contribution in [0.2, 0.25) is 0 Å². The summed E-state index contributed by atoms with van der Waals surface area (Å²) >= 11 is 0. The Morgan fingerprint density at radius 1 is 0.923 bits per heavy atom. The number of anilines is 2. The van der Waals surface area contributed by atoms with Gasteiger partial charge in [-0.15, -0.1) is 0 Å². The average Bonchev–Trinajstić information content (AvgIpc) is 2.63. The van der Waals surface area contributed by atoms with Crippen molar-refractivity contribution < 1.29 is 51.4 Å². The molecule has 3 rings (SSSR count). The first kappa shape index (κ1) is 25.2. The fraction of sp³-hybridized carbons (Fsp3) is 0.318. The van der Waals surface area contributed by atoms with E-state index in [1.807, 2.05) is 32.0 Å². The predicted octanol–water partition coefficient (Wildman–Crippen LogP) is 3.29. The van der Waals surface area contributed by atoms with Gasteiger partial charge in [0.15, 0.2) is 0 Å². The van der Waals surface area contributed by atoms with E-state index in [2.05, 4.69) is 55.3 Å². The number of hydrogen-bond acceptors (Lipinski definition) is 3. The third kappa shape index (κ3) is 6.14. The van der Waals surface area contributed by atoms with Crippen molar-refractivity contribution in [3.8, 4) is 0 Å². The molecular weight excluding hydrogens is 345 g/mol. The van der Waals surface area contributed by atoms with E-state index in [9.17, 15) is 0 Å². The first-order valence-corrected chi connectivity index (χ1v) is 8.83. The molecule has 0 radical (unpaired) electrons. The molecule has 4 heteroatoms. The summed E-state index contributed by atoms with van der Waals surface area (Å²) in [7, 11) is 0. The Morgan fingerprint density at radius 2 is 1.58 bits per heavy atom. The number of hydrogen-bond donors (Lipinski definition) is 1. The summed E-state index contributed by atoms with van der Waals surface area (Å²) in [5.74, 6) is 1.76. The molecule has 0 saturated heterocycles. The number of nitrogens with zero attached hydrogens (tertiary/aromatic N) is 2. The molecule has 0 amide bonds. The molecule has 26 heavy (non-hydrogen) atoms. The van der Waals surface area contributed by atoms with Crippen LogP contribution in [0.3, 0.4) is 0 Å². The van der Waals surface area contributed by atoms with E-state index in [1.54, 1.807) is 0 Å². The summed E-state index contributed by atoms with van der Waals surface area (Å²) in [6.07, 6.45) is 1.84. The maximum atomic E-state index is 4.70. The fourth-order valence-electron chi connectivity index (χ4n) is 2.67. The molecule has 0 aliphatic rings. The third-order valence-electron chi connectivity index (χ3n) is 3.93. The molecule has 0 unspecified atom stereocenters. The van der Waals surface area contributed by atoms with Gasteiger partial charge in [-0.1, -0.05) is 45.9 Å².